The summed E-state index contributed by atoms with van der Waals surface area (Å²) in [4.78, 5) is 13.3. The summed E-state index contributed by atoms with van der Waals surface area (Å²) >= 11 is 5.37. The number of anilines is 1. The second kappa shape index (κ2) is 4.72. The van der Waals surface area contributed by atoms with Crippen molar-refractivity contribution in [3.8, 4) is 0 Å². The predicted octanol–water partition coefficient (Wildman–Crippen LogP) is 1.97. The number of methoxy groups -OCH3 is 1. The Morgan fingerprint density at radius 2 is 2.08 bits per heavy atom. The van der Waals surface area contributed by atoms with Gasteiger partial charge in [0.15, 0.2) is 0 Å². The molecule has 0 fully saturated rings. The summed E-state index contributed by atoms with van der Waals surface area (Å²) < 4.78 is 4.53. The van der Waals surface area contributed by atoms with Crippen molar-refractivity contribution in [2.45, 2.75) is 6.42 Å². The largest absolute Gasteiger partial charge is 0.469 e. The summed E-state index contributed by atoms with van der Waals surface area (Å²) in [6, 6.07) is 7.24. The summed E-state index contributed by atoms with van der Waals surface area (Å²) in [6.45, 7) is 0. The Hall–Kier alpha value is -1.22. The van der Waals surface area contributed by atoms with E-state index in [2.05, 4.69) is 9.57 Å². The van der Waals surface area contributed by atoms with E-state index in [4.69, 9.17) is 11.8 Å². The van der Waals surface area contributed by atoms with Crippen LogP contribution in [0.3, 0.4) is 0 Å². The Morgan fingerprint density at radius 1 is 1.46 bits per heavy atom. The van der Waals surface area contributed by atoms with E-state index in [-0.39, 0.29) is 5.97 Å². The maximum absolute atomic E-state index is 10.9. The van der Waals surface area contributed by atoms with Crippen LogP contribution in [0.25, 0.3) is 0 Å². The van der Waals surface area contributed by atoms with E-state index in [1.165, 1.54) is 7.11 Å². The van der Waals surface area contributed by atoms with Crippen LogP contribution < -0.4 is 4.84 Å². The fraction of sp³-hybridized carbons (Fsp3) is 0.222. The van der Waals surface area contributed by atoms with Crippen LogP contribution in [0, 0.1) is 0 Å². The number of esters is 1. The van der Waals surface area contributed by atoms with Crippen LogP contribution in [0.5, 0.6) is 0 Å². The zero-order chi connectivity index (χ0) is 9.68. The van der Waals surface area contributed by atoms with Crippen molar-refractivity contribution in [3.05, 3.63) is 29.8 Å². The van der Waals surface area contributed by atoms with Gasteiger partial charge in [0.1, 0.15) is 0 Å². The van der Waals surface area contributed by atoms with Crippen LogP contribution in [-0.2, 0) is 16.0 Å². The lowest BCUT2D eigenvalue weighted by atomic mass is 10.1. The molecule has 0 aliphatic rings. The lowest BCUT2D eigenvalue weighted by Crippen LogP contribution is -2.04. The van der Waals surface area contributed by atoms with Gasteiger partial charge in [-0.25, -0.2) is 0 Å². The van der Waals surface area contributed by atoms with Crippen molar-refractivity contribution in [1.29, 1.82) is 0 Å². The van der Waals surface area contributed by atoms with Crippen LogP contribution in [0.1, 0.15) is 5.56 Å². The molecule has 0 radical (unpaired) electrons. The number of hydrogen-bond donors (Lipinski definition) is 1. The highest BCUT2D eigenvalue weighted by molar-refractivity contribution is 6.23. The van der Waals surface area contributed by atoms with Gasteiger partial charge in [0.05, 0.1) is 13.5 Å². The van der Waals surface area contributed by atoms with Gasteiger partial charge in [-0.1, -0.05) is 12.1 Å². The molecule has 70 valence electrons. The third-order valence-corrected chi connectivity index (χ3v) is 1.86. The molecule has 4 heteroatoms. The first kappa shape index (κ1) is 9.86. The first-order valence-corrected chi connectivity index (χ1v) is 4.16. The first-order chi connectivity index (χ1) is 6.26. The van der Waals surface area contributed by atoms with Crippen molar-refractivity contribution in [2.75, 3.05) is 11.9 Å². The van der Waals surface area contributed by atoms with Crippen molar-refractivity contribution in [1.82, 2.24) is 0 Å². The monoisotopic (exact) mass is 199 g/mol. The normalized spacial score (nSPS) is 9.38. The number of hydrogen-bond acceptors (Lipinski definition) is 3. The second-order valence-electron chi connectivity index (χ2n) is 2.54. The van der Waals surface area contributed by atoms with Gasteiger partial charge in [-0.3, -0.25) is 9.63 Å². The quantitative estimate of drug-likeness (QED) is 0.598. The zero-order valence-electron chi connectivity index (χ0n) is 7.21. The van der Waals surface area contributed by atoms with Crippen LogP contribution in [-0.4, -0.2) is 13.1 Å². The zero-order valence-corrected chi connectivity index (χ0v) is 7.97. The average Bonchev–Trinajstić information content (AvgIpc) is 2.19. The van der Waals surface area contributed by atoms with Crippen LogP contribution in [0.15, 0.2) is 24.3 Å². The summed E-state index contributed by atoms with van der Waals surface area (Å²) in [5.41, 5.74) is 1.71. The van der Waals surface area contributed by atoms with Crippen molar-refractivity contribution >= 4 is 23.4 Å². The highest BCUT2D eigenvalue weighted by atomic mass is 35.5. The Kier molecular flexibility index (Phi) is 3.58. The van der Waals surface area contributed by atoms with E-state index in [0.717, 1.165) is 11.3 Å². The van der Waals surface area contributed by atoms with Gasteiger partial charge in [0.2, 0.25) is 0 Å². The predicted molar refractivity (Wildman–Crippen MR) is 51.6 cm³/mol. The van der Waals surface area contributed by atoms with Gasteiger partial charge in [0, 0.05) is 17.5 Å². The first-order valence-electron chi connectivity index (χ1n) is 3.78. The minimum Gasteiger partial charge on any atom is -0.469 e. The molecule has 0 aliphatic heterocycles. The highest BCUT2D eigenvalue weighted by Gasteiger charge is 2.01. The van der Waals surface area contributed by atoms with Gasteiger partial charge < -0.3 is 4.74 Å². The number of carbonyl (C=O) groups excluding carboxylic acids is 1. The fourth-order valence-electron chi connectivity index (χ4n) is 0.924. The molecule has 0 unspecified atom stereocenters. The maximum Gasteiger partial charge on any atom is 0.309 e. The summed E-state index contributed by atoms with van der Waals surface area (Å²) in [7, 11) is 1.37. The number of ether oxygens (including phenoxy) is 1. The number of carbonyl (C=O) groups is 1. The molecule has 0 amide bonds. The number of halogens is 1. The van der Waals surface area contributed by atoms with E-state index < -0.39 is 0 Å². The third kappa shape index (κ3) is 2.95. The lowest BCUT2D eigenvalue weighted by Gasteiger charge is -2.01. The molecule has 0 bridgehead atoms. The van der Waals surface area contributed by atoms with Gasteiger partial charge in [-0.15, -0.1) is 0 Å². The van der Waals surface area contributed by atoms with E-state index in [0.29, 0.717) is 6.42 Å². The fourth-order valence-corrected chi connectivity index (χ4v) is 1.05. The molecule has 1 aromatic rings. The van der Waals surface area contributed by atoms with Crippen LogP contribution in [0.2, 0.25) is 0 Å². The molecule has 1 N–H and O–H groups in total. The van der Waals surface area contributed by atoms with Gasteiger partial charge in [0.25, 0.3) is 0 Å². The number of rotatable bonds is 3. The third-order valence-electron chi connectivity index (χ3n) is 1.64. The minimum atomic E-state index is -0.244. The van der Waals surface area contributed by atoms with Gasteiger partial charge in [-0.05, 0) is 17.7 Å². The minimum absolute atomic E-state index is 0.244. The second-order valence-corrected chi connectivity index (χ2v) is 2.73. The highest BCUT2D eigenvalue weighted by Crippen LogP contribution is 2.10. The Balaban J connectivity index is 2.64. The van der Waals surface area contributed by atoms with Crippen molar-refractivity contribution < 1.29 is 9.53 Å². The van der Waals surface area contributed by atoms with Gasteiger partial charge >= 0.3 is 5.97 Å². The summed E-state index contributed by atoms with van der Waals surface area (Å²) in [5, 5.41) is 0. The topological polar surface area (TPSA) is 38.3 Å². The standard InChI is InChI=1S/C9H10ClNO2/c1-13-9(12)6-7-2-4-8(11-10)5-3-7/h2-5,11H,6H2,1H3. The van der Waals surface area contributed by atoms with Crippen LogP contribution in [0.4, 0.5) is 5.69 Å². The molecule has 0 aromatic heterocycles. The molecular weight excluding hydrogens is 190 g/mol. The maximum atomic E-state index is 10.9. The Labute approximate surface area is 81.8 Å². The van der Waals surface area contributed by atoms with Gasteiger partial charge in [-0.2, -0.15) is 0 Å². The van der Waals surface area contributed by atoms with E-state index >= 15 is 0 Å². The number of benzene rings is 1. The summed E-state index contributed by atoms with van der Waals surface area (Å²) in [5.74, 6) is -0.244. The van der Waals surface area contributed by atoms with E-state index in [9.17, 15) is 4.79 Å². The lowest BCUT2D eigenvalue weighted by molar-refractivity contribution is -0.139. The van der Waals surface area contributed by atoms with E-state index in [1.54, 1.807) is 12.1 Å². The molecule has 0 spiro atoms. The average molecular weight is 200 g/mol. The van der Waals surface area contributed by atoms with Crippen molar-refractivity contribution in [3.63, 3.8) is 0 Å². The molecule has 0 saturated carbocycles. The molecule has 0 saturated heterocycles. The van der Waals surface area contributed by atoms with E-state index in [1.807, 2.05) is 12.1 Å². The smallest absolute Gasteiger partial charge is 0.309 e. The SMILES string of the molecule is COC(=O)Cc1ccc(NCl)cc1. The Morgan fingerprint density at radius 3 is 2.54 bits per heavy atom. The Bertz CT molecular complexity index is 284. The number of nitrogens with one attached hydrogen (secondary N) is 1. The molecule has 0 heterocycles. The molecule has 0 atom stereocenters. The van der Waals surface area contributed by atoms with Crippen molar-refractivity contribution in [2.24, 2.45) is 0 Å². The molecule has 3 nitrogen and oxygen atoms in total. The molecule has 0 aliphatic carbocycles. The molecule has 13 heavy (non-hydrogen) atoms. The van der Waals surface area contributed by atoms with Crippen LogP contribution >= 0.6 is 11.8 Å². The summed E-state index contributed by atoms with van der Waals surface area (Å²) in [6.07, 6.45) is 0.291. The molecule has 1 aromatic carbocycles. The molecule has 1 rings (SSSR count). The molecular formula is C9H10ClNO2.